The van der Waals surface area contributed by atoms with Crippen molar-refractivity contribution < 1.29 is 4.42 Å². The number of aromatic nitrogens is 1. The Morgan fingerprint density at radius 2 is 1.44 bits per heavy atom. The topological polar surface area (TPSA) is 18.1 Å². The van der Waals surface area contributed by atoms with Crippen molar-refractivity contribution in [2.75, 3.05) is 0 Å². The molecular formula is C33H22ClNO. The van der Waals surface area contributed by atoms with Crippen molar-refractivity contribution >= 4 is 55.3 Å². The van der Waals surface area contributed by atoms with Crippen molar-refractivity contribution in [1.29, 1.82) is 0 Å². The Bertz CT molecular complexity index is 2040. The summed E-state index contributed by atoms with van der Waals surface area (Å²) in [5.74, 6) is 0. The standard InChI is InChI=1S/C33H22ClNO/c1-33(2)27-9-5-3-7-21(27)24-17-25-22-8-4-6-10-29(22)35(30(25)18-28(24)33)20-12-14-31-26(16-20)23-13-11-19(34)15-32(23)36-31/h3-18H,1-2H3. The van der Waals surface area contributed by atoms with Gasteiger partial charge in [0.1, 0.15) is 11.2 Å². The molecule has 1 aliphatic rings. The number of fused-ring (bicyclic) bond motifs is 9. The van der Waals surface area contributed by atoms with Gasteiger partial charge < -0.3 is 8.98 Å². The second-order valence-corrected chi connectivity index (χ2v) is 10.8. The highest BCUT2D eigenvalue weighted by molar-refractivity contribution is 6.31. The summed E-state index contributed by atoms with van der Waals surface area (Å²) in [7, 11) is 0. The molecule has 2 nitrogen and oxygen atoms in total. The highest BCUT2D eigenvalue weighted by Gasteiger charge is 2.36. The van der Waals surface area contributed by atoms with Crippen LogP contribution in [0.5, 0.6) is 0 Å². The van der Waals surface area contributed by atoms with Gasteiger partial charge in [0.2, 0.25) is 0 Å². The SMILES string of the molecule is CC1(C)c2ccccc2-c2cc3c4ccccc4n(-c4ccc5oc6cc(Cl)ccc6c5c4)c3cc21. The third-order valence-electron chi connectivity index (χ3n) is 8.05. The van der Waals surface area contributed by atoms with Crippen LogP contribution in [-0.4, -0.2) is 4.57 Å². The van der Waals surface area contributed by atoms with Crippen molar-refractivity contribution in [2.24, 2.45) is 0 Å². The van der Waals surface area contributed by atoms with Crippen molar-refractivity contribution in [3.05, 3.63) is 113 Å². The molecule has 0 radical (unpaired) electrons. The summed E-state index contributed by atoms with van der Waals surface area (Å²) in [5.41, 5.74) is 10.7. The van der Waals surface area contributed by atoms with Gasteiger partial charge in [0, 0.05) is 43.7 Å². The fourth-order valence-corrected chi connectivity index (χ4v) is 6.48. The van der Waals surface area contributed by atoms with Crippen LogP contribution in [0.1, 0.15) is 25.0 Å². The molecule has 0 amide bonds. The summed E-state index contributed by atoms with van der Waals surface area (Å²) in [6, 6.07) is 34.7. The lowest BCUT2D eigenvalue weighted by atomic mass is 9.82. The summed E-state index contributed by atoms with van der Waals surface area (Å²) in [5, 5.41) is 5.40. The molecule has 0 spiro atoms. The maximum absolute atomic E-state index is 6.23. The zero-order valence-corrected chi connectivity index (χ0v) is 20.7. The summed E-state index contributed by atoms with van der Waals surface area (Å²) >= 11 is 6.23. The summed E-state index contributed by atoms with van der Waals surface area (Å²) in [4.78, 5) is 0. The number of rotatable bonds is 1. The number of nitrogens with zero attached hydrogens (tertiary/aromatic N) is 1. The Morgan fingerprint density at radius 1 is 0.611 bits per heavy atom. The minimum atomic E-state index is -0.0502. The van der Waals surface area contributed by atoms with Crippen LogP contribution >= 0.6 is 11.6 Å². The predicted octanol–water partition coefficient (Wildman–Crippen LogP) is 9.64. The van der Waals surface area contributed by atoms with Gasteiger partial charge in [-0.2, -0.15) is 0 Å². The van der Waals surface area contributed by atoms with Crippen LogP contribution in [0.2, 0.25) is 5.02 Å². The van der Waals surface area contributed by atoms with Gasteiger partial charge in [0.05, 0.1) is 11.0 Å². The van der Waals surface area contributed by atoms with E-state index < -0.39 is 0 Å². The number of hydrogen-bond donors (Lipinski definition) is 0. The second-order valence-electron chi connectivity index (χ2n) is 10.4. The number of hydrogen-bond acceptors (Lipinski definition) is 1. The van der Waals surface area contributed by atoms with Crippen LogP contribution < -0.4 is 0 Å². The fourth-order valence-electron chi connectivity index (χ4n) is 6.32. The Balaban J connectivity index is 1.47. The molecule has 36 heavy (non-hydrogen) atoms. The molecule has 3 heteroatoms. The van der Waals surface area contributed by atoms with Crippen molar-refractivity contribution in [3.63, 3.8) is 0 Å². The number of furan rings is 1. The van der Waals surface area contributed by atoms with Gasteiger partial charge in [-0.15, -0.1) is 0 Å². The first-order chi connectivity index (χ1) is 17.5. The molecule has 172 valence electrons. The minimum absolute atomic E-state index is 0.0502. The predicted molar refractivity (Wildman–Crippen MR) is 151 cm³/mol. The monoisotopic (exact) mass is 483 g/mol. The molecule has 0 saturated heterocycles. The molecule has 0 atom stereocenters. The van der Waals surface area contributed by atoms with Crippen LogP contribution in [-0.2, 0) is 5.41 Å². The van der Waals surface area contributed by atoms with E-state index in [1.54, 1.807) is 0 Å². The minimum Gasteiger partial charge on any atom is -0.456 e. The van der Waals surface area contributed by atoms with Gasteiger partial charge >= 0.3 is 0 Å². The molecule has 0 unspecified atom stereocenters. The van der Waals surface area contributed by atoms with Gasteiger partial charge in [0.25, 0.3) is 0 Å². The Kier molecular flexibility index (Phi) is 3.82. The third-order valence-corrected chi connectivity index (χ3v) is 8.29. The average Bonchev–Trinajstić information content (AvgIpc) is 3.48. The third kappa shape index (κ3) is 2.52. The van der Waals surface area contributed by atoms with Crippen molar-refractivity contribution in [2.45, 2.75) is 19.3 Å². The lowest BCUT2D eigenvalue weighted by Crippen LogP contribution is -2.14. The van der Waals surface area contributed by atoms with E-state index in [9.17, 15) is 0 Å². The normalized spacial score (nSPS) is 14.2. The summed E-state index contributed by atoms with van der Waals surface area (Å²) in [6.45, 7) is 4.68. The van der Waals surface area contributed by atoms with Gasteiger partial charge in [-0.05, 0) is 70.8 Å². The molecule has 1 aliphatic carbocycles. The molecule has 0 fully saturated rings. The van der Waals surface area contributed by atoms with Gasteiger partial charge in [-0.1, -0.05) is 67.9 Å². The summed E-state index contributed by atoms with van der Waals surface area (Å²) < 4.78 is 8.51. The van der Waals surface area contributed by atoms with E-state index in [0.29, 0.717) is 5.02 Å². The second kappa shape index (κ2) is 6.81. The maximum Gasteiger partial charge on any atom is 0.136 e. The first kappa shape index (κ1) is 20.2. The van der Waals surface area contributed by atoms with Gasteiger partial charge in [0.15, 0.2) is 0 Å². The van der Waals surface area contributed by atoms with Crippen molar-refractivity contribution in [3.8, 4) is 16.8 Å². The van der Waals surface area contributed by atoms with E-state index in [4.69, 9.17) is 16.0 Å². The summed E-state index contributed by atoms with van der Waals surface area (Å²) in [6.07, 6.45) is 0. The molecule has 7 aromatic rings. The number of para-hydroxylation sites is 1. The first-order valence-corrected chi connectivity index (χ1v) is 12.7. The molecule has 5 aromatic carbocycles. The largest absolute Gasteiger partial charge is 0.456 e. The lowest BCUT2D eigenvalue weighted by molar-refractivity contribution is 0.661. The smallest absolute Gasteiger partial charge is 0.136 e. The van der Waals surface area contributed by atoms with Crippen LogP contribution in [0.3, 0.4) is 0 Å². The number of halogens is 1. The Labute approximate surface area is 213 Å². The highest BCUT2D eigenvalue weighted by Crippen LogP contribution is 2.51. The van der Waals surface area contributed by atoms with Crippen LogP contribution in [0.25, 0.3) is 60.6 Å². The Hall–Kier alpha value is -4.01. The van der Waals surface area contributed by atoms with E-state index in [-0.39, 0.29) is 5.41 Å². The van der Waals surface area contributed by atoms with Crippen molar-refractivity contribution in [1.82, 2.24) is 4.57 Å². The molecular weight excluding hydrogens is 462 g/mol. The molecule has 0 saturated carbocycles. The molecule has 2 aromatic heterocycles. The highest BCUT2D eigenvalue weighted by atomic mass is 35.5. The quantitative estimate of drug-likeness (QED) is 0.227. The maximum atomic E-state index is 6.23. The zero-order chi connectivity index (χ0) is 24.2. The van der Waals surface area contributed by atoms with E-state index in [1.165, 1.54) is 44.1 Å². The van der Waals surface area contributed by atoms with E-state index in [2.05, 4.69) is 97.3 Å². The van der Waals surface area contributed by atoms with Gasteiger partial charge in [-0.25, -0.2) is 0 Å². The van der Waals surface area contributed by atoms with Crippen LogP contribution in [0.15, 0.2) is 101 Å². The Morgan fingerprint density at radius 3 is 2.36 bits per heavy atom. The molecule has 2 heterocycles. The van der Waals surface area contributed by atoms with E-state index in [1.807, 2.05) is 18.2 Å². The van der Waals surface area contributed by atoms with Crippen LogP contribution in [0.4, 0.5) is 0 Å². The lowest BCUT2D eigenvalue weighted by Gasteiger charge is -2.21. The molecule has 0 bridgehead atoms. The first-order valence-electron chi connectivity index (χ1n) is 12.3. The molecule has 0 N–H and O–H groups in total. The average molecular weight is 484 g/mol. The molecule has 8 rings (SSSR count). The fraction of sp³-hybridized carbons (Fsp3) is 0.0909. The van der Waals surface area contributed by atoms with Crippen LogP contribution in [0, 0.1) is 0 Å². The van der Waals surface area contributed by atoms with E-state index in [0.717, 1.165) is 27.6 Å². The van der Waals surface area contributed by atoms with E-state index >= 15 is 0 Å². The van der Waals surface area contributed by atoms with Gasteiger partial charge in [-0.3, -0.25) is 0 Å². The molecule has 0 aliphatic heterocycles. The zero-order valence-electron chi connectivity index (χ0n) is 20.0. The number of benzene rings is 5.